The lowest BCUT2D eigenvalue weighted by Gasteiger charge is -2.07. The molecule has 0 atom stereocenters. The molecule has 0 aliphatic heterocycles. The van der Waals surface area contributed by atoms with Crippen LogP contribution in [0.4, 0.5) is 0 Å². The Morgan fingerprint density at radius 2 is 1.94 bits per heavy atom. The Morgan fingerprint density at radius 3 is 2.65 bits per heavy atom. The number of ketones is 1. The van der Waals surface area contributed by atoms with Crippen LogP contribution in [0.25, 0.3) is 0 Å². The molecule has 2 heteroatoms. The molecular formula is C15H22O2. The second-order valence-corrected chi connectivity index (χ2v) is 4.34. The van der Waals surface area contributed by atoms with E-state index in [-0.39, 0.29) is 0 Å². The van der Waals surface area contributed by atoms with Crippen LogP contribution in [0, 0.1) is 0 Å². The summed E-state index contributed by atoms with van der Waals surface area (Å²) in [5.41, 5.74) is 0.996. The number of benzene rings is 1. The summed E-state index contributed by atoms with van der Waals surface area (Å²) in [6.07, 6.45) is 5.80. The van der Waals surface area contributed by atoms with E-state index in [1.807, 2.05) is 24.3 Å². The number of rotatable bonds is 8. The van der Waals surface area contributed by atoms with Gasteiger partial charge in [0.15, 0.2) is 0 Å². The topological polar surface area (TPSA) is 26.3 Å². The van der Waals surface area contributed by atoms with Crippen molar-refractivity contribution in [3.8, 4) is 5.75 Å². The van der Waals surface area contributed by atoms with Crippen molar-refractivity contribution in [1.29, 1.82) is 0 Å². The summed E-state index contributed by atoms with van der Waals surface area (Å²) >= 11 is 0. The zero-order valence-corrected chi connectivity index (χ0v) is 10.9. The summed E-state index contributed by atoms with van der Waals surface area (Å²) in [5.74, 6) is 1.13. The lowest BCUT2D eigenvalue weighted by molar-refractivity contribution is -0.118. The van der Waals surface area contributed by atoms with E-state index in [4.69, 9.17) is 4.74 Å². The second-order valence-electron chi connectivity index (χ2n) is 4.34. The molecule has 0 saturated carbocycles. The summed E-state index contributed by atoms with van der Waals surface area (Å²) in [6, 6.07) is 7.73. The number of unbranched alkanes of at least 4 members (excludes halogenated alkanes) is 3. The molecule has 0 bridgehead atoms. The number of para-hydroxylation sites is 1. The van der Waals surface area contributed by atoms with Crippen molar-refractivity contribution >= 4 is 5.78 Å². The molecule has 2 nitrogen and oxygen atoms in total. The van der Waals surface area contributed by atoms with Crippen molar-refractivity contribution < 1.29 is 9.53 Å². The third kappa shape index (κ3) is 5.03. The van der Waals surface area contributed by atoms with Gasteiger partial charge in [0.2, 0.25) is 0 Å². The molecule has 0 saturated heterocycles. The maximum absolute atomic E-state index is 11.8. The van der Waals surface area contributed by atoms with E-state index in [1.54, 1.807) is 7.11 Å². The maximum Gasteiger partial charge on any atom is 0.137 e. The summed E-state index contributed by atoms with van der Waals surface area (Å²) in [5, 5.41) is 0. The monoisotopic (exact) mass is 234 g/mol. The number of methoxy groups -OCH3 is 1. The minimum absolute atomic E-state index is 0.311. The Morgan fingerprint density at radius 1 is 1.18 bits per heavy atom. The van der Waals surface area contributed by atoms with Crippen molar-refractivity contribution in [2.45, 2.75) is 45.4 Å². The van der Waals surface area contributed by atoms with Gasteiger partial charge in [-0.25, -0.2) is 0 Å². The van der Waals surface area contributed by atoms with E-state index in [9.17, 15) is 4.79 Å². The van der Waals surface area contributed by atoms with Crippen molar-refractivity contribution in [2.75, 3.05) is 7.11 Å². The normalized spacial score (nSPS) is 10.2. The maximum atomic E-state index is 11.8. The predicted octanol–water partition coefficient (Wildman–Crippen LogP) is 3.78. The van der Waals surface area contributed by atoms with Gasteiger partial charge >= 0.3 is 0 Å². The standard InChI is InChI=1S/C15H22O2/c1-3-4-5-6-10-14(16)12-13-9-7-8-11-15(13)17-2/h7-9,11H,3-6,10,12H2,1-2H3. The van der Waals surface area contributed by atoms with Crippen LogP contribution >= 0.6 is 0 Å². The van der Waals surface area contributed by atoms with Crippen molar-refractivity contribution in [1.82, 2.24) is 0 Å². The highest BCUT2D eigenvalue weighted by molar-refractivity contribution is 5.81. The molecule has 0 unspecified atom stereocenters. The molecule has 0 spiro atoms. The van der Waals surface area contributed by atoms with Gasteiger partial charge in [-0.05, 0) is 12.5 Å². The Bertz CT molecular complexity index is 345. The molecular weight excluding hydrogens is 212 g/mol. The molecule has 0 aliphatic rings. The summed E-state index contributed by atoms with van der Waals surface area (Å²) in [4.78, 5) is 11.8. The van der Waals surface area contributed by atoms with Gasteiger partial charge in [0.25, 0.3) is 0 Å². The van der Waals surface area contributed by atoms with Gasteiger partial charge in [0.1, 0.15) is 11.5 Å². The summed E-state index contributed by atoms with van der Waals surface area (Å²) in [6.45, 7) is 2.18. The average molecular weight is 234 g/mol. The first-order chi connectivity index (χ1) is 8.27. The van der Waals surface area contributed by atoms with Crippen LogP contribution in [0.5, 0.6) is 5.75 Å². The number of hydrogen-bond acceptors (Lipinski definition) is 2. The Hall–Kier alpha value is -1.31. The first-order valence-electron chi connectivity index (χ1n) is 6.41. The first-order valence-corrected chi connectivity index (χ1v) is 6.41. The zero-order valence-electron chi connectivity index (χ0n) is 10.9. The number of hydrogen-bond donors (Lipinski definition) is 0. The van der Waals surface area contributed by atoms with E-state index in [0.29, 0.717) is 18.6 Å². The third-order valence-corrected chi connectivity index (χ3v) is 2.89. The van der Waals surface area contributed by atoms with Crippen LogP contribution in [-0.4, -0.2) is 12.9 Å². The SMILES string of the molecule is CCCCCCC(=O)Cc1ccccc1OC. The van der Waals surface area contributed by atoms with Gasteiger partial charge in [-0.15, -0.1) is 0 Å². The van der Waals surface area contributed by atoms with Crippen LogP contribution < -0.4 is 4.74 Å². The lowest BCUT2D eigenvalue weighted by atomic mass is 10.0. The third-order valence-electron chi connectivity index (χ3n) is 2.89. The largest absolute Gasteiger partial charge is 0.496 e. The second kappa shape index (κ2) is 7.88. The van der Waals surface area contributed by atoms with Gasteiger partial charge < -0.3 is 4.74 Å². The number of ether oxygens (including phenoxy) is 1. The van der Waals surface area contributed by atoms with E-state index in [0.717, 1.165) is 24.2 Å². The quantitative estimate of drug-likeness (QED) is 0.640. The van der Waals surface area contributed by atoms with Gasteiger partial charge in [-0.1, -0.05) is 44.4 Å². The molecule has 1 aromatic rings. The zero-order chi connectivity index (χ0) is 12.5. The molecule has 0 aromatic heterocycles. The van der Waals surface area contributed by atoms with Crippen LogP contribution in [-0.2, 0) is 11.2 Å². The highest BCUT2D eigenvalue weighted by Crippen LogP contribution is 2.18. The minimum Gasteiger partial charge on any atom is -0.496 e. The molecule has 0 N–H and O–H groups in total. The minimum atomic E-state index is 0.311. The van der Waals surface area contributed by atoms with E-state index in [2.05, 4.69) is 6.92 Å². The highest BCUT2D eigenvalue weighted by atomic mass is 16.5. The summed E-state index contributed by atoms with van der Waals surface area (Å²) in [7, 11) is 1.64. The van der Waals surface area contributed by atoms with Crippen LogP contribution in [0.15, 0.2) is 24.3 Å². The van der Waals surface area contributed by atoms with Crippen LogP contribution in [0.1, 0.15) is 44.6 Å². The molecule has 1 rings (SSSR count). The van der Waals surface area contributed by atoms with Crippen LogP contribution in [0.3, 0.4) is 0 Å². The lowest BCUT2D eigenvalue weighted by Crippen LogP contribution is -2.04. The highest BCUT2D eigenvalue weighted by Gasteiger charge is 2.07. The molecule has 0 radical (unpaired) electrons. The molecule has 17 heavy (non-hydrogen) atoms. The van der Waals surface area contributed by atoms with Crippen LogP contribution in [0.2, 0.25) is 0 Å². The first kappa shape index (κ1) is 13.8. The molecule has 0 heterocycles. The Balaban J connectivity index is 2.39. The fraction of sp³-hybridized carbons (Fsp3) is 0.533. The molecule has 94 valence electrons. The van der Waals surface area contributed by atoms with Gasteiger partial charge in [0.05, 0.1) is 7.11 Å². The number of Topliss-reactive ketones (excluding diaryl/α,β-unsaturated/α-hetero) is 1. The van der Waals surface area contributed by atoms with Crippen molar-refractivity contribution in [3.63, 3.8) is 0 Å². The fourth-order valence-corrected chi connectivity index (χ4v) is 1.90. The average Bonchev–Trinajstić information content (AvgIpc) is 2.35. The molecule has 1 aromatic carbocycles. The van der Waals surface area contributed by atoms with E-state index >= 15 is 0 Å². The van der Waals surface area contributed by atoms with Crippen molar-refractivity contribution in [2.24, 2.45) is 0 Å². The molecule has 0 amide bonds. The number of carbonyl (C=O) groups is 1. The van der Waals surface area contributed by atoms with Gasteiger partial charge in [-0.3, -0.25) is 4.79 Å². The smallest absolute Gasteiger partial charge is 0.137 e. The van der Waals surface area contributed by atoms with E-state index < -0.39 is 0 Å². The molecule has 0 aliphatic carbocycles. The predicted molar refractivity (Wildman–Crippen MR) is 70.5 cm³/mol. The van der Waals surface area contributed by atoms with Gasteiger partial charge in [0, 0.05) is 18.4 Å². The Kier molecular flexibility index (Phi) is 6.38. The van der Waals surface area contributed by atoms with Crippen molar-refractivity contribution in [3.05, 3.63) is 29.8 Å². The fourth-order valence-electron chi connectivity index (χ4n) is 1.90. The Labute approximate surface area is 104 Å². The number of carbonyl (C=O) groups excluding carboxylic acids is 1. The van der Waals surface area contributed by atoms with E-state index in [1.165, 1.54) is 12.8 Å². The molecule has 0 fully saturated rings. The summed E-state index contributed by atoms with van der Waals surface area (Å²) < 4.78 is 5.24. The van der Waals surface area contributed by atoms with Gasteiger partial charge in [-0.2, -0.15) is 0 Å².